The molecule has 1 N–H and O–H groups in total. The number of nitrogens with one attached hydrogen (secondary N) is 1. The first-order valence-electron chi connectivity index (χ1n) is 7.99. The molecule has 1 heterocycles. The van der Waals surface area contributed by atoms with Crippen LogP contribution in [0.3, 0.4) is 0 Å². The third-order valence-corrected chi connectivity index (χ3v) is 6.24. The summed E-state index contributed by atoms with van der Waals surface area (Å²) in [4.78, 5) is 25.0. The van der Waals surface area contributed by atoms with Crippen LogP contribution < -0.4 is 10.1 Å². The Labute approximate surface area is 161 Å². The molecule has 0 aromatic heterocycles. The van der Waals surface area contributed by atoms with Gasteiger partial charge in [0.25, 0.3) is 5.91 Å². The molecular formula is C18H17ClN2O5S. The van der Waals surface area contributed by atoms with Crippen LogP contribution in [0.15, 0.2) is 36.4 Å². The standard InChI is InChI=1S/C18H17ClN2O5S/c1-11-7-15(16(26-2)8-14(11)19)20-17(22)9-21-18(23)13-6-4-3-5-12(13)10-27(21,24)25/h3-8H,9-10H2,1-2H3,(H,20,22). The molecule has 0 saturated carbocycles. The van der Waals surface area contributed by atoms with E-state index in [1.54, 1.807) is 43.3 Å². The number of anilines is 1. The van der Waals surface area contributed by atoms with Crippen molar-refractivity contribution in [1.29, 1.82) is 0 Å². The average Bonchev–Trinajstić information content (AvgIpc) is 2.61. The molecule has 0 fully saturated rings. The SMILES string of the molecule is COc1cc(Cl)c(C)cc1NC(=O)CN1C(=O)c2ccccc2CS1(=O)=O. The molecule has 0 radical (unpaired) electrons. The smallest absolute Gasteiger partial charge is 0.268 e. The van der Waals surface area contributed by atoms with E-state index in [2.05, 4.69) is 5.32 Å². The Kier molecular flexibility index (Phi) is 5.12. The second kappa shape index (κ2) is 7.21. The van der Waals surface area contributed by atoms with Gasteiger partial charge in [-0.25, -0.2) is 12.7 Å². The molecule has 3 rings (SSSR count). The maximum absolute atomic E-state index is 12.6. The first-order valence-corrected chi connectivity index (χ1v) is 9.98. The second-order valence-electron chi connectivity index (χ2n) is 6.08. The van der Waals surface area contributed by atoms with Crippen molar-refractivity contribution in [2.45, 2.75) is 12.7 Å². The first kappa shape index (κ1) is 19.2. The first-order chi connectivity index (χ1) is 12.7. The maximum atomic E-state index is 12.6. The number of halogens is 1. The van der Waals surface area contributed by atoms with Gasteiger partial charge in [0.15, 0.2) is 0 Å². The average molecular weight is 409 g/mol. The lowest BCUT2D eigenvalue weighted by Crippen LogP contribution is -2.45. The van der Waals surface area contributed by atoms with E-state index in [1.165, 1.54) is 7.11 Å². The van der Waals surface area contributed by atoms with Crippen LogP contribution in [0.25, 0.3) is 0 Å². The minimum atomic E-state index is -3.93. The lowest BCUT2D eigenvalue weighted by molar-refractivity contribution is -0.116. The molecule has 7 nitrogen and oxygen atoms in total. The van der Waals surface area contributed by atoms with Gasteiger partial charge in [-0.2, -0.15) is 0 Å². The molecule has 142 valence electrons. The van der Waals surface area contributed by atoms with E-state index in [4.69, 9.17) is 16.3 Å². The van der Waals surface area contributed by atoms with Crippen LogP contribution in [0.4, 0.5) is 5.69 Å². The molecule has 0 unspecified atom stereocenters. The number of methoxy groups -OCH3 is 1. The molecule has 0 saturated heterocycles. The normalized spacial score (nSPS) is 15.2. The topological polar surface area (TPSA) is 92.8 Å². The zero-order chi connectivity index (χ0) is 19.8. The highest BCUT2D eigenvalue weighted by atomic mass is 35.5. The second-order valence-corrected chi connectivity index (χ2v) is 8.38. The highest BCUT2D eigenvalue weighted by Crippen LogP contribution is 2.31. The zero-order valence-corrected chi connectivity index (χ0v) is 16.2. The Hall–Kier alpha value is -2.58. The highest BCUT2D eigenvalue weighted by molar-refractivity contribution is 7.89. The van der Waals surface area contributed by atoms with Gasteiger partial charge < -0.3 is 10.1 Å². The van der Waals surface area contributed by atoms with Crippen molar-refractivity contribution in [1.82, 2.24) is 4.31 Å². The number of ether oxygens (including phenoxy) is 1. The summed E-state index contributed by atoms with van der Waals surface area (Å²) in [6, 6.07) is 9.60. The van der Waals surface area contributed by atoms with Crippen LogP contribution >= 0.6 is 11.6 Å². The number of benzene rings is 2. The van der Waals surface area contributed by atoms with E-state index in [-0.39, 0.29) is 11.3 Å². The quantitative estimate of drug-likeness (QED) is 0.839. The summed E-state index contributed by atoms with van der Waals surface area (Å²) in [6.45, 7) is 1.13. The van der Waals surface area contributed by atoms with Crippen molar-refractivity contribution in [2.24, 2.45) is 0 Å². The third kappa shape index (κ3) is 3.77. The van der Waals surface area contributed by atoms with Gasteiger partial charge in [-0.05, 0) is 30.2 Å². The Morgan fingerprint density at radius 3 is 2.70 bits per heavy atom. The Bertz CT molecular complexity index is 1040. The molecule has 27 heavy (non-hydrogen) atoms. The number of rotatable bonds is 4. The van der Waals surface area contributed by atoms with Gasteiger partial charge in [0.1, 0.15) is 12.3 Å². The Morgan fingerprint density at radius 2 is 2.00 bits per heavy atom. The van der Waals surface area contributed by atoms with E-state index >= 15 is 0 Å². The molecule has 0 bridgehead atoms. The lowest BCUT2D eigenvalue weighted by atomic mass is 10.1. The number of nitrogens with zero attached hydrogens (tertiary/aromatic N) is 1. The van der Waals surface area contributed by atoms with E-state index < -0.39 is 28.4 Å². The van der Waals surface area contributed by atoms with Crippen LogP contribution in [-0.2, 0) is 20.6 Å². The summed E-state index contributed by atoms with van der Waals surface area (Å²) in [7, 11) is -2.51. The summed E-state index contributed by atoms with van der Waals surface area (Å²) in [5, 5.41) is 3.05. The van der Waals surface area contributed by atoms with Crippen LogP contribution in [0.5, 0.6) is 5.75 Å². The molecule has 0 spiro atoms. The molecule has 2 aromatic rings. The number of amides is 2. The number of sulfonamides is 1. The maximum Gasteiger partial charge on any atom is 0.268 e. The van der Waals surface area contributed by atoms with Gasteiger partial charge in [-0.1, -0.05) is 29.8 Å². The summed E-state index contributed by atoms with van der Waals surface area (Å²) < 4.78 is 30.7. The predicted octanol–water partition coefficient (Wildman–Crippen LogP) is 2.58. The van der Waals surface area contributed by atoms with Gasteiger partial charge in [-0.15, -0.1) is 0 Å². The van der Waals surface area contributed by atoms with Crippen LogP contribution in [0.2, 0.25) is 5.02 Å². The van der Waals surface area contributed by atoms with Gasteiger partial charge >= 0.3 is 0 Å². The van der Waals surface area contributed by atoms with Gasteiger partial charge in [0.2, 0.25) is 15.9 Å². The molecule has 1 aliphatic rings. The Balaban J connectivity index is 1.84. The van der Waals surface area contributed by atoms with E-state index in [0.717, 1.165) is 0 Å². The van der Waals surface area contributed by atoms with Crippen molar-refractivity contribution >= 4 is 39.1 Å². The van der Waals surface area contributed by atoms with Crippen molar-refractivity contribution in [3.05, 3.63) is 58.1 Å². The summed E-state index contributed by atoms with van der Waals surface area (Å²) in [6.07, 6.45) is 0. The Morgan fingerprint density at radius 1 is 1.30 bits per heavy atom. The van der Waals surface area contributed by atoms with E-state index in [0.29, 0.717) is 31.9 Å². The van der Waals surface area contributed by atoms with Gasteiger partial charge in [0, 0.05) is 16.7 Å². The number of aryl methyl sites for hydroxylation is 1. The van der Waals surface area contributed by atoms with Crippen LogP contribution in [-0.4, -0.2) is 38.2 Å². The molecule has 2 amide bonds. The fraction of sp³-hybridized carbons (Fsp3) is 0.222. The van der Waals surface area contributed by atoms with Crippen LogP contribution in [0.1, 0.15) is 21.5 Å². The number of fused-ring (bicyclic) bond motifs is 1. The third-order valence-electron chi connectivity index (χ3n) is 4.19. The number of hydrogen-bond acceptors (Lipinski definition) is 5. The largest absolute Gasteiger partial charge is 0.495 e. The summed E-state index contributed by atoms with van der Waals surface area (Å²) in [5.74, 6) is -1.37. The van der Waals surface area contributed by atoms with E-state index in [9.17, 15) is 18.0 Å². The molecule has 2 aromatic carbocycles. The fourth-order valence-corrected chi connectivity index (χ4v) is 4.43. The van der Waals surface area contributed by atoms with Crippen molar-refractivity contribution < 1.29 is 22.7 Å². The zero-order valence-electron chi connectivity index (χ0n) is 14.7. The van der Waals surface area contributed by atoms with Crippen molar-refractivity contribution in [3.63, 3.8) is 0 Å². The molecule has 1 aliphatic heterocycles. The van der Waals surface area contributed by atoms with E-state index in [1.807, 2.05) is 0 Å². The van der Waals surface area contributed by atoms with Crippen LogP contribution in [0, 0.1) is 6.92 Å². The van der Waals surface area contributed by atoms with Crippen molar-refractivity contribution in [3.8, 4) is 5.75 Å². The molecule has 9 heteroatoms. The highest BCUT2D eigenvalue weighted by Gasteiger charge is 2.36. The number of carbonyl (C=O) groups excluding carboxylic acids is 2. The summed E-state index contributed by atoms with van der Waals surface area (Å²) >= 11 is 6.04. The predicted molar refractivity (Wildman–Crippen MR) is 101 cm³/mol. The molecule has 0 aliphatic carbocycles. The fourth-order valence-electron chi connectivity index (χ4n) is 2.81. The summed E-state index contributed by atoms with van der Waals surface area (Å²) in [5.41, 5.74) is 1.75. The lowest BCUT2D eigenvalue weighted by Gasteiger charge is -2.27. The molecular weight excluding hydrogens is 392 g/mol. The monoisotopic (exact) mass is 408 g/mol. The minimum Gasteiger partial charge on any atom is -0.495 e. The number of carbonyl (C=O) groups is 2. The molecule has 0 atom stereocenters. The number of hydrogen-bond donors (Lipinski definition) is 1. The van der Waals surface area contributed by atoms with Crippen molar-refractivity contribution in [2.75, 3.05) is 19.0 Å². The minimum absolute atomic E-state index is 0.278. The van der Waals surface area contributed by atoms with Gasteiger partial charge in [-0.3, -0.25) is 9.59 Å². The van der Waals surface area contributed by atoms with Gasteiger partial charge in [0.05, 0.1) is 18.6 Å².